The lowest BCUT2D eigenvalue weighted by atomic mass is 10.1. The molecule has 0 aliphatic carbocycles. The lowest BCUT2D eigenvalue weighted by Gasteiger charge is -2.15. The Hall–Kier alpha value is -2.63. The van der Waals surface area contributed by atoms with E-state index in [-0.39, 0.29) is 5.82 Å². The third-order valence-corrected chi connectivity index (χ3v) is 3.85. The Bertz CT molecular complexity index is 729. The van der Waals surface area contributed by atoms with Crippen LogP contribution in [-0.2, 0) is 13.1 Å². The van der Waals surface area contributed by atoms with E-state index < -0.39 is 0 Å². The number of pyridine rings is 1. The SMILES string of the molecule is CCNC(=NCc1ccc(F)cc1)NCc1ncc(C)c(OC)c1C. The van der Waals surface area contributed by atoms with Crippen LogP contribution in [0.5, 0.6) is 5.75 Å². The molecule has 1 heterocycles. The van der Waals surface area contributed by atoms with Gasteiger partial charge in [0.15, 0.2) is 5.96 Å². The molecule has 0 radical (unpaired) electrons. The molecule has 0 bridgehead atoms. The maximum atomic E-state index is 13.0. The minimum absolute atomic E-state index is 0.243. The van der Waals surface area contributed by atoms with Crippen LogP contribution in [0.3, 0.4) is 0 Å². The molecule has 25 heavy (non-hydrogen) atoms. The first-order valence-electron chi connectivity index (χ1n) is 8.30. The van der Waals surface area contributed by atoms with Gasteiger partial charge in [-0.15, -0.1) is 0 Å². The zero-order chi connectivity index (χ0) is 18.2. The van der Waals surface area contributed by atoms with Crippen molar-refractivity contribution >= 4 is 5.96 Å². The molecule has 0 spiro atoms. The van der Waals surface area contributed by atoms with Crippen molar-refractivity contribution in [2.75, 3.05) is 13.7 Å². The summed E-state index contributed by atoms with van der Waals surface area (Å²) in [4.78, 5) is 9.01. The molecule has 2 rings (SSSR count). The Morgan fingerprint density at radius 1 is 1.20 bits per heavy atom. The van der Waals surface area contributed by atoms with Crippen LogP contribution in [0.25, 0.3) is 0 Å². The van der Waals surface area contributed by atoms with Gasteiger partial charge in [0, 0.05) is 23.9 Å². The largest absolute Gasteiger partial charge is 0.496 e. The summed E-state index contributed by atoms with van der Waals surface area (Å²) < 4.78 is 18.4. The fraction of sp³-hybridized carbons (Fsp3) is 0.368. The van der Waals surface area contributed by atoms with Crippen molar-refractivity contribution in [1.29, 1.82) is 0 Å². The number of nitrogens with zero attached hydrogens (tertiary/aromatic N) is 2. The van der Waals surface area contributed by atoms with Crippen molar-refractivity contribution in [2.45, 2.75) is 33.9 Å². The van der Waals surface area contributed by atoms with Gasteiger partial charge in [0.25, 0.3) is 0 Å². The van der Waals surface area contributed by atoms with Crippen LogP contribution in [0.2, 0.25) is 0 Å². The molecule has 2 aromatic rings. The minimum atomic E-state index is -0.243. The lowest BCUT2D eigenvalue weighted by Crippen LogP contribution is -2.37. The lowest BCUT2D eigenvalue weighted by molar-refractivity contribution is 0.406. The van der Waals surface area contributed by atoms with E-state index in [2.05, 4.69) is 20.6 Å². The molecule has 0 unspecified atom stereocenters. The quantitative estimate of drug-likeness (QED) is 0.624. The second-order valence-corrected chi connectivity index (χ2v) is 5.72. The van der Waals surface area contributed by atoms with Gasteiger partial charge in [0.2, 0.25) is 0 Å². The smallest absolute Gasteiger partial charge is 0.191 e. The number of aromatic nitrogens is 1. The molecule has 0 aliphatic rings. The van der Waals surface area contributed by atoms with Crippen molar-refractivity contribution in [2.24, 2.45) is 4.99 Å². The summed E-state index contributed by atoms with van der Waals surface area (Å²) in [6.45, 7) is 7.74. The first kappa shape index (κ1) is 18.7. The molecular formula is C19H25FN4O. The predicted molar refractivity (Wildman–Crippen MR) is 98.3 cm³/mol. The Labute approximate surface area is 148 Å². The molecule has 2 N–H and O–H groups in total. The summed E-state index contributed by atoms with van der Waals surface area (Å²) in [5, 5.41) is 6.48. The van der Waals surface area contributed by atoms with Crippen LogP contribution in [0.4, 0.5) is 4.39 Å². The highest BCUT2D eigenvalue weighted by atomic mass is 19.1. The van der Waals surface area contributed by atoms with Crippen molar-refractivity contribution < 1.29 is 9.13 Å². The van der Waals surface area contributed by atoms with Gasteiger partial charge in [0.05, 0.1) is 25.9 Å². The summed E-state index contributed by atoms with van der Waals surface area (Å²) in [7, 11) is 1.67. The number of ether oxygens (including phenoxy) is 1. The van der Waals surface area contributed by atoms with Crippen molar-refractivity contribution in [3.8, 4) is 5.75 Å². The molecule has 0 atom stereocenters. The number of halogens is 1. The van der Waals surface area contributed by atoms with Gasteiger partial charge in [-0.05, 0) is 38.5 Å². The van der Waals surface area contributed by atoms with E-state index in [1.165, 1.54) is 12.1 Å². The van der Waals surface area contributed by atoms with Gasteiger partial charge in [0.1, 0.15) is 11.6 Å². The molecule has 0 saturated heterocycles. The standard InChI is InChI=1S/C19H25FN4O/c1-5-21-19(23-11-15-6-8-16(20)9-7-15)24-12-17-14(3)18(25-4)13(2)10-22-17/h6-10H,5,11-12H2,1-4H3,(H2,21,23,24). The number of nitrogens with one attached hydrogen (secondary N) is 2. The third kappa shape index (κ3) is 5.17. The maximum Gasteiger partial charge on any atom is 0.191 e. The maximum absolute atomic E-state index is 13.0. The Morgan fingerprint density at radius 3 is 2.56 bits per heavy atom. The summed E-state index contributed by atoms with van der Waals surface area (Å²) in [6, 6.07) is 6.35. The average molecular weight is 344 g/mol. The summed E-state index contributed by atoms with van der Waals surface area (Å²) in [5.41, 5.74) is 3.89. The van der Waals surface area contributed by atoms with Gasteiger partial charge < -0.3 is 15.4 Å². The molecule has 0 saturated carbocycles. The molecule has 0 fully saturated rings. The molecule has 134 valence electrons. The van der Waals surface area contributed by atoms with Crippen molar-refractivity contribution in [3.05, 3.63) is 58.7 Å². The van der Waals surface area contributed by atoms with E-state index in [0.29, 0.717) is 19.0 Å². The van der Waals surface area contributed by atoms with E-state index in [0.717, 1.165) is 34.7 Å². The Kier molecular flexibility index (Phi) is 6.74. The first-order chi connectivity index (χ1) is 12.0. The highest BCUT2D eigenvalue weighted by Gasteiger charge is 2.09. The highest BCUT2D eigenvalue weighted by molar-refractivity contribution is 5.79. The zero-order valence-electron chi connectivity index (χ0n) is 15.2. The van der Waals surface area contributed by atoms with Crippen LogP contribution >= 0.6 is 0 Å². The zero-order valence-corrected chi connectivity index (χ0v) is 15.2. The average Bonchev–Trinajstić information content (AvgIpc) is 2.60. The normalized spacial score (nSPS) is 11.3. The molecule has 0 aliphatic heterocycles. The number of aryl methyl sites for hydroxylation is 1. The van der Waals surface area contributed by atoms with E-state index in [4.69, 9.17) is 4.74 Å². The predicted octanol–water partition coefficient (Wildman–Crippen LogP) is 3.10. The van der Waals surface area contributed by atoms with Gasteiger partial charge in [-0.2, -0.15) is 0 Å². The van der Waals surface area contributed by atoms with E-state index in [1.807, 2.05) is 27.0 Å². The van der Waals surface area contributed by atoms with Crippen LogP contribution in [0, 0.1) is 19.7 Å². The molecule has 1 aromatic carbocycles. The summed E-state index contributed by atoms with van der Waals surface area (Å²) >= 11 is 0. The van der Waals surface area contributed by atoms with Crippen LogP contribution in [0.1, 0.15) is 29.3 Å². The third-order valence-electron chi connectivity index (χ3n) is 3.85. The minimum Gasteiger partial charge on any atom is -0.496 e. The molecule has 6 heteroatoms. The Morgan fingerprint density at radius 2 is 1.92 bits per heavy atom. The van der Waals surface area contributed by atoms with Gasteiger partial charge in [-0.25, -0.2) is 9.38 Å². The monoisotopic (exact) mass is 344 g/mol. The number of hydrogen-bond acceptors (Lipinski definition) is 3. The number of aliphatic imine (C=N–C) groups is 1. The highest BCUT2D eigenvalue weighted by Crippen LogP contribution is 2.23. The van der Waals surface area contributed by atoms with E-state index >= 15 is 0 Å². The molecule has 5 nitrogen and oxygen atoms in total. The van der Waals surface area contributed by atoms with Crippen molar-refractivity contribution in [1.82, 2.24) is 15.6 Å². The van der Waals surface area contributed by atoms with E-state index in [9.17, 15) is 4.39 Å². The fourth-order valence-corrected chi connectivity index (χ4v) is 2.52. The van der Waals surface area contributed by atoms with Gasteiger partial charge in [-0.3, -0.25) is 4.98 Å². The second kappa shape index (κ2) is 9.01. The first-order valence-corrected chi connectivity index (χ1v) is 8.30. The Balaban J connectivity index is 2.06. The molecule has 1 aromatic heterocycles. The molecular weight excluding hydrogens is 319 g/mol. The van der Waals surface area contributed by atoms with Crippen molar-refractivity contribution in [3.63, 3.8) is 0 Å². The van der Waals surface area contributed by atoms with Gasteiger partial charge in [-0.1, -0.05) is 12.1 Å². The van der Waals surface area contributed by atoms with Gasteiger partial charge >= 0.3 is 0 Å². The fourth-order valence-electron chi connectivity index (χ4n) is 2.52. The topological polar surface area (TPSA) is 58.5 Å². The van der Waals surface area contributed by atoms with Crippen LogP contribution in [0.15, 0.2) is 35.5 Å². The van der Waals surface area contributed by atoms with Crippen LogP contribution < -0.4 is 15.4 Å². The van der Waals surface area contributed by atoms with E-state index in [1.54, 1.807) is 19.2 Å². The summed E-state index contributed by atoms with van der Waals surface area (Å²) in [5.74, 6) is 1.31. The number of guanidine groups is 1. The number of rotatable bonds is 6. The number of methoxy groups -OCH3 is 1. The summed E-state index contributed by atoms with van der Waals surface area (Å²) in [6.07, 6.45) is 1.81. The molecule has 0 amide bonds. The number of benzene rings is 1. The second-order valence-electron chi connectivity index (χ2n) is 5.72. The number of hydrogen-bond donors (Lipinski definition) is 2. The van der Waals surface area contributed by atoms with Crippen LogP contribution in [-0.4, -0.2) is 24.6 Å².